The van der Waals surface area contributed by atoms with E-state index in [0.717, 1.165) is 9.99 Å². The number of halogens is 1. The van der Waals surface area contributed by atoms with Crippen LogP contribution in [0, 0.1) is 14.9 Å². The molecular weight excluding hydrogens is 369 g/mol. The first-order chi connectivity index (χ1) is 9.63. The van der Waals surface area contributed by atoms with Crippen molar-refractivity contribution in [3.05, 3.63) is 33.4 Å². The van der Waals surface area contributed by atoms with Crippen molar-refractivity contribution in [2.45, 2.75) is 18.9 Å². The fourth-order valence-electron chi connectivity index (χ4n) is 2.20. The van der Waals surface area contributed by atoms with Gasteiger partial charge in [0.15, 0.2) is 0 Å². The van der Waals surface area contributed by atoms with Gasteiger partial charge in [-0.2, -0.15) is 5.26 Å². The number of nitrogens with zero attached hydrogens (tertiary/aromatic N) is 2. The van der Waals surface area contributed by atoms with Crippen LogP contribution in [-0.4, -0.2) is 35.8 Å². The Labute approximate surface area is 131 Å². The average Bonchev–Trinajstić information content (AvgIpc) is 2.93. The van der Waals surface area contributed by atoms with Crippen LogP contribution in [-0.2, 0) is 4.79 Å². The molecule has 0 aromatic heterocycles. The van der Waals surface area contributed by atoms with Crippen LogP contribution in [0.3, 0.4) is 0 Å². The normalized spacial score (nSPS) is 17.6. The molecule has 1 aromatic rings. The minimum atomic E-state index is -0.351. The third-order valence-corrected chi connectivity index (χ3v) is 4.18. The van der Waals surface area contributed by atoms with Crippen LogP contribution >= 0.6 is 22.6 Å². The molecule has 1 unspecified atom stereocenters. The predicted octanol–water partition coefficient (Wildman–Crippen LogP) is 1.54. The number of likely N-dealkylation sites (tertiary alicyclic amines) is 1. The average molecular weight is 383 g/mol. The monoisotopic (exact) mass is 383 g/mol. The number of amides is 2. The van der Waals surface area contributed by atoms with E-state index in [9.17, 15) is 9.59 Å². The molecule has 0 aliphatic carbocycles. The highest BCUT2D eigenvalue weighted by Gasteiger charge is 2.28. The number of benzene rings is 1. The number of carbonyl (C=O) groups excluding carboxylic acids is 2. The van der Waals surface area contributed by atoms with E-state index in [1.807, 2.05) is 12.1 Å². The molecule has 5 nitrogen and oxygen atoms in total. The lowest BCUT2D eigenvalue weighted by molar-refractivity contribution is -0.130. The second-order valence-corrected chi connectivity index (χ2v) is 5.70. The van der Waals surface area contributed by atoms with E-state index in [4.69, 9.17) is 5.26 Å². The van der Waals surface area contributed by atoms with Gasteiger partial charge in [0.25, 0.3) is 5.91 Å². The molecule has 1 aliphatic heterocycles. The zero-order chi connectivity index (χ0) is 14.5. The summed E-state index contributed by atoms with van der Waals surface area (Å²) in [5.74, 6) is -0.468. The molecule has 2 amide bonds. The Balaban J connectivity index is 1.93. The Bertz CT molecular complexity index is 568. The van der Waals surface area contributed by atoms with Gasteiger partial charge in [-0.3, -0.25) is 9.59 Å². The molecule has 1 heterocycles. The molecule has 1 N–H and O–H groups in total. The van der Waals surface area contributed by atoms with Crippen molar-refractivity contribution in [3.8, 4) is 6.07 Å². The van der Waals surface area contributed by atoms with Gasteiger partial charge in [-0.25, -0.2) is 0 Å². The van der Waals surface area contributed by atoms with Gasteiger partial charge in [-0.05, 0) is 47.6 Å². The Morgan fingerprint density at radius 3 is 2.90 bits per heavy atom. The van der Waals surface area contributed by atoms with Crippen molar-refractivity contribution in [2.75, 3.05) is 13.1 Å². The molecule has 20 heavy (non-hydrogen) atoms. The summed E-state index contributed by atoms with van der Waals surface area (Å²) >= 11 is 2.08. The summed E-state index contributed by atoms with van der Waals surface area (Å²) in [7, 11) is 0. The van der Waals surface area contributed by atoms with Crippen LogP contribution < -0.4 is 5.32 Å². The lowest BCUT2D eigenvalue weighted by atomic mass is 10.2. The second kappa shape index (κ2) is 6.70. The van der Waals surface area contributed by atoms with E-state index in [-0.39, 0.29) is 24.4 Å². The Morgan fingerprint density at radius 1 is 1.45 bits per heavy atom. The molecular formula is C14H14IN3O2. The van der Waals surface area contributed by atoms with Crippen molar-refractivity contribution in [1.29, 1.82) is 5.26 Å². The highest BCUT2D eigenvalue weighted by Crippen LogP contribution is 2.16. The fourth-order valence-corrected chi connectivity index (χ4v) is 2.83. The van der Waals surface area contributed by atoms with Crippen LogP contribution in [0.2, 0.25) is 0 Å². The molecule has 6 heteroatoms. The number of hydrogen-bond donors (Lipinski definition) is 1. The quantitative estimate of drug-likeness (QED) is 0.805. The summed E-state index contributed by atoms with van der Waals surface area (Å²) in [5, 5.41) is 11.6. The van der Waals surface area contributed by atoms with Gasteiger partial charge < -0.3 is 10.2 Å². The molecule has 0 spiro atoms. The van der Waals surface area contributed by atoms with Gasteiger partial charge in [0, 0.05) is 10.1 Å². The molecule has 104 valence electrons. The Morgan fingerprint density at radius 2 is 2.20 bits per heavy atom. The number of carbonyl (C=O) groups is 2. The van der Waals surface area contributed by atoms with Gasteiger partial charge in [-0.15, -0.1) is 0 Å². The Kier molecular flexibility index (Phi) is 4.95. The summed E-state index contributed by atoms with van der Waals surface area (Å²) in [5.41, 5.74) is 0.555. The van der Waals surface area contributed by atoms with Crippen LogP contribution in [0.4, 0.5) is 0 Å². The Hall–Kier alpha value is -1.62. The minimum Gasteiger partial charge on any atom is -0.343 e. The number of rotatable bonds is 3. The van der Waals surface area contributed by atoms with Gasteiger partial charge in [0.05, 0.1) is 18.2 Å². The van der Waals surface area contributed by atoms with E-state index in [1.54, 1.807) is 12.1 Å². The molecule has 0 radical (unpaired) electrons. The summed E-state index contributed by atoms with van der Waals surface area (Å²) in [6.45, 7) is 0.526. The van der Waals surface area contributed by atoms with Crippen LogP contribution in [0.25, 0.3) is 0 Å². The molecule has 1 fully saturated rings. The van der Waals surface area contributed by atoms with Crippen LogP contribution in [0.5, 0.6) is 0 Å². The maximum absolute atomic E-state index is 12.0. The van der Waals surface area contributed by atoms with Gasteiger partial charge in [-0.1, -0.05) is 12.1 Å². The number of hydrogen-bond acceptors (Lipinski definition) is 3. The number of nitrogens with one attached hydrogen (secondary N) is 1. The predicted molar refractivity (Wildman–Crippen MR) is 81.8 cm³/mol. The molecule has 1 aromatic carbocycles. The molecule has 1 saturated heterocycles. The molecule has 0 saturated carbocycles. The fraction of sp³-hybridized carbons (Fsp3) is 0.357. The summed E-state index contributed by atoms with van der Waals surface area (Å²) in [4.78, 5) is 25.5. The molecule has 0 bridgehead atoms. The first-order valence-electron chi connectivity index (χ1n) is 6.35. The van der Waals surface area contributed by atoms with E-state index >= 15 is 0 Å². The van der Waals surface area contributed by atoms with E-state index < -0.39 is 0 Å². The number of nitriles is 1. The molecule has 2 rings (SSSR count). The zero-order valence-corrected chi connectivity index (χ0v) is 13.0. The minimum absolute atomic E-state index is 0.0675. The van der Waals surface area contributed by atoms with E-state index in [0.29, 0.717) is 18.5 Å². The third-order valence-electron chi connectivity index (χ3n) is 3.24. The highest BCUT2D eigenvalue weighted by molar-refractivity contribution is 14.1. The summed E-state index contributed by atoms with van der Waals surface area (Å²) in [6.07, 6.45) is 1.56. The third kappa shape index (κ3) is 3.28. The van der Waals surface area contributed by atoms with Gasteiger partial charge in [0.1, 0.15) is 6.04 Å². The van der Waals surface area contributed by atoms with Crippen molar-refractivity contribution in [1.82, 2.24) is 10.2 Å². The van der Waals surface area contributed by atoms with Crippen molar-refractivity contribution >= 4 is 34.4 Å². The van der Waals surface area contributed by atoms with E-state index in [1.165, 1.54) is 4.90 Å². The lowest BCUT2D eigenvalue weighted by Crippen LogP contribution is -2.42. The topological polar surface area (TPSA) is 73.2 Å². The van der Waals surface area contributed by atoms with Crippen LogP contribution in [0.1, 0.15) is 23.2 Å². The maximum Gasteiger partial charge on any atom is 0.252 e. The van der Waals surface area contributed by atoms with Crippen molar-refractivity contribution in [2.24, 2.45) is 0 Å². The second-order valence-electron chi connectivity index (χ2n) is 4.54. The highest BCUT2D eigenvalue weighted by atomic mass is 127. The summed E-state index contributed by atoms with van der Waals surface area (Å²) < 4.78 is 0.839. The lowest BCUT2D eigenvalue weighted by Gasteiger charge is -2.19. The van der Waals surface area contributed by atoms with E-state index in [2.05, 4.69) is 34.0 Å². The standard InChI is InChI=1S/C14H14IN3O2/c15-12-6-2-1-5-11(12)14(20)17-9-13(19)18-7-3-4-10(18)8-16/h1-2,5-6,10H,3-4,7,9H2,(H,17,20). The molecule has 1 aliphatic rings. The molecule has 1 atom stereocenters. The SMILES string of the molecule is N#CC1CCCN1C(=O)CNC(=O)c1ccccc1I. The first kappa shape index (κ1) is 14.8. The van der Waals surface area contributed by atoms with Crippen molar-refractivity contribution < 1.29 is 9.59 Å². The smallest absolute Gasteiger partial charge is 0.252 e. The van der Waals surface area contributed by atoms with Crippen LogP contribution in [0.15, 0.2) is 24.3 Å². The van der Waals surface area contributed by atoms with Crippen molar-refractivity contribution in [3.63, 3.8) is 0 Å². The first-order valence-corrected chi connectivity index (χ1v) is 7.43. The summed E-state index contributed by atoms with van der Waals surface area (Å²) in [6, 6.07) is 8.95. The largest absolute Gasteiger partial charge is 0.343 e. The van der Waals surface area contributed by atoms with Gasteiger partial charge in [0.2, 0.25) is 5.91 Å². The zero-order valence-electron chi connectivity index (χ0n) is 10.8. The maximum atomic E-state index is 12.0. The van der Waals surface area contributed by atoms with Gasteiger partial charge >= 0.3 is 0 Å².